The highest BCUT2D eigenvalue weighted by molar-refractivity contribution is 5.99. The van der Waals surface area contributed by atoms with Gasteiger partial charge in [0, 0.05) is 7.11 Å². The van der Waals surface area contributed by atoms with Crippen LogP contribution in [0.1, 0.15) is 38.8 Å². The van der Waals surface area contributed by atoms with Crippen molar-refractivity contribution in [3.8, 4) is 0 Å². The van der Waals surface area contributed by atoms with Crippen LogP contribution in [-0.2, 0) is 60.6 Å². The standard InChI is InChI=1S/C34H39N3O12/c1-31(2)44-18-33(49-31)22-21-27(41-5)46-25(26(38)45-22)34(21,24-23(33)47-32(3,4)48-24)37-28(35-29(39)42-16-19-12-8-6-9-13-19)36-30(40)43-17-20-14-10-7-11-15-20/h6-15,21-25,27H,16-18H2,1-5H3,(H2,35,36,37,39,40)/t21?,22?,23?,24?,25-,27+,33?,34?/m1/s1. The molecule has 1 saturated carbocycles. The maximum absolute atomic E-state index is 13.8. The fourth-order valence-electron chi connectivity index (χ4n) is 7.50. The predicted molar refractivity (Wildman–Crippen MR) is 166 cm³/mol. The average molecular weight is 682 g/mol. The minimum Gasteiger partial charge on any atom is -0.456 e. The molecular formula is C34H39N3O12. The second-order valence-electron chi connectivity index (χ2n) is 13.5. The molecular weight excluding hydrogens is 642 g/mol. The summed E-state index contributed by atoms with van der Waals surface area (Å²) in [5, 5.41) is 5.71. The number of amides is 2. The van der Waals surface area contributed by atoms with Crippen LogP contribution in [0.25, 0.3) is 0 Å². The van der Waals surface area contributed by atoms with Crippen molar-refractivity contribution in [1.82, 2.24) is 10.6 Å². The fraction of sp³-hybridized carbons (Fsp3) is 0.529. The molecule has 1 aliphatic carbocycles. The lowest BCUT2D eigenvalue weighted by atomic mass is 9.59. The van der Waals surface area contributed by atoms with Crippen molar-refractivity contribution < 1.29 is 57.0 Å². The molecule has 7 rings (SSSR count). The van der Waals surface area contributed by atoms with E-state index < -0.39 is 77.5 Å². The van der Waals surface area contributed by atoms with Crippen molar-refractivity contribution >= 4 is 24.1 Å². The molecule has 15 nitrogen and oxygen atoms in total. The molecule has 15 heteroatoms. The molecule has 2 aromatic rings. The van der Waals surface area contributed by atoms with Gasteiger partial charge < -0.3 is 47.9 Å². The largest absolute Gasteiger partial charge is 0.456 e. The molecule has 2 amide bonds. The highest BCUT2D eigenvalue weighted by Crippen LogP contribution is 2.61. The summed E-state index contributed by atoms with van der Waals surface area (Å²) >= 11 is 0. The van der Waals surface area contributed by atoms with E-state index in [1.807, 2.05) is 24.3 Å². The van der Waals surface area contributed by atoms with Crippen LogP contribution < -0.4 is 10.6 Å². The Morgan fingerprint density at radius 1 is 0.878 bits per heavy atom. The number of alkyl carbamates (subject to hydrolysis) is 1. The average Bonchev–Trinajstić information content (AvgIpc) is 3.67. The topological polar surface area (TPSA) is 171 Å². The van der Waals surface area contributed by atoms with Gasteiger partial charge in [-0.15, -0.1) is 4.99 Å². The first kappa shape index (κ1) is 33.4. The van der Waals surface area contributed by atoms with Crippen LogP contribution in [0.2, 0.25) is 0 Å². The zero-order chi connectivity index (χ0) is 34.6. The number of hydrogen-bond acceptors (Lipinski definition) is 12. The van der Waals surface area contributed by atoms with Crippen LogP contribution in [0.5, 0.6) is 0 Å². The molecule has 0 aromatic heterocycles. The van der Waals surface area contributed by atoms with E-state index >= 15 is 0 Å². The number of hydrogen-bond donors (Lipinski definition) is 2. The van der Waals surface area contributed by atoms with Crippen LogP contribution in [0.3, 0.4) is 0 Å². The number of nitrogens with one attached hydrogen (secondary N) is 2. The van der Waals surface area contributed by atoms with Crippen molar-refractivity contribution in [2.45, 2.75) is 94.3 Å². The first-order valence-corrected chi connectivity index (χ1v) is 16.0. The lowest BCUT2D eigenvalue weighted by molar-refractivity contribution is -0.274. The Morgan fingerprint density at radius 2 is 1.51 bits per heavy atom. The van der Waals surface area contributed by atoms with Gasteiger partial charge in [-0.3, -0.25) is 5.32 Å². The maximum atomic E-state index is 13.8. The summed E-state index contributed by atoms with van der Waals surface area (Å²) in [7, 11) is 1.43. The Morgan fingerprint density at radius 3 is 2.12 bits per heavy atom. The van der Waals surface area contributed by atoms with Gasteiger partial charge in [0.15, 0.2) is 29.6 Å². The van der Waals surface area contributed by atoms with E-state index in [1.165, 1.54) is 7.11 Å². The van der Waals surface area contributed by atoms with Gasteiger partial charge in [0.1, 0.15) is 37.1 Å². The van der Waals surface area contributed by atoms with Crippen molar-refractivity contribution in [2.75, 3.05) is 13.7 Å². The number of esters is 1. The summed E-state index contributed by atoms with van der Waals surface area (Å²) < 4.78 is 54.6. The Balaban J connectivity index is 1.26. The predicted octanol–water partition coefficient (Wildman–Crippen LogP) is 2.90. The van der Waals surface area contributed by atoms with Crippen LogP contribution in [0, 0.1) is 5.92 Å². The van der Waals surface area contributed by atoms with Gasteiger partial charge in [-0.25, -0.2) is 14.4 Å². The molecule has 1 spiro atoms. The van der Waals surface area contributed by atoms with Gasteiger partial charge in [-0.1, -0.05) is 60.7 Å². The van der Waals surface area contributed by atoms with Gasteiger partial charge in [0.25, 0.3) is 0 Å². The van der Waals surface area contributed by atoms with Gasteiger partial charge in [-0.2, -0.15) is 0 Å². The molecule has 262 valence electrons. The molecule has 4 bridgehead atoms. The number of ether oxygens (including phenoxy) is 9. The lowest BCUT2D eigenvalue weighted by Crippen LogP contribution is -2.84. The minimum atomic E-state index is -1.58. The smallest absolute Gasteiger partial charge is 0.437 e. The number of carbonyl (C=O) groups excluding carboxylic acids is 3. The highest BCUT2D eigenvalue weighted by atomic mass is 16.8. The molecule has 6 unspecified atom stereocenters. The number of fused-ring (bicyclic) bond motifs is 3. The van der Waals surface area contributed by atoms with Crippen molar-refractivity contribution in [1.29, 1.82) is 0 Å². The van der Waals surface area contributed by atoms with E-state index in [0.29, 0.717) is 0 Å². The third-order valence-electron chi connectivity index (χ3n) is 9.35. The summed E-state index contributed by atoms with van der Waals surface area (Å²) in [4.78, 5) is 44.4. The zero-order valence-electron chi connectivity index (χ0n) is 27.7. The van der Waals surface area contributed by atoms with Gasteiger partial charge in [-0.05, 0) is 38.8 Å². The first-order chi connectivity index (χ1) is 23.4. The molecule has 0 radical (unpaired) electrons. The molecule has 2 aromatic carbocycles. The number of aliphatic imine (C=N–C) groups is 1. The molecule has 4 saturated heterocycles. The first-order valence-electron chi connectivity index (χ1n) is 16.0. The van der Waals surface area contributed by atoms with Crippen molar-refractivity contribution in [2.24, 2.45) is 10.9 Å². The van der Waals surface area contributed by atoms with Gasteiger partial charge in [0.05, 0.1) is 12.5 Å². The lowest BCUT2D eigenvalue weighted by Gasteiger charge is -2.58. The fourth-order valence-corrected chi connectivity index (χ4v) is 7.50. The molecule has 49 heavy (non-hydrogen) atoms. The Labute approximate surface area is 282 Å². The molecule has 8 atom stereocenters. The highest BCUT2D eigenvalue weighted by Gasteiger charge is 2.84. The Kier molecular flexibility index (Phi) is 8.40. The summed E-state index contributed by atoms with van der Waals surface area (Å²) in [5.74, 6) is -4.20. The summed E-state index contributed by atoms with van der Waals surface area (Å²) in [5.41, 5.74) is -1.46. The monoisotopic (exact) mass is 681 g/mol. The van der Waals surface area contributed by atoms with Crippen molar-refractivity contribution in [3.63, 3.8) is 0 Å². The summed E-state index contributed by atoms with van der Waals surface area (Å²) in [6.07, 6.45) is -7.29. The van der Waals surface area contributed by atoms with Crippen molar-refractivity contribution in [3.05, 3.63) is 71.8 Å². The summed E-state index contributed by atoms with van der Waals surface area (Å²) in [6.45, 7) is 6.81. The molecule has 4 heterocycles. The number of rotatable bonds is 6. The molecule has 5 aliphatic rings. The number of methoxy groups -OCH3 is 1. The van der Waals surface area contributed by atoms with Crippen LogP contribution in [0.15, 0.2) is 65.7 Å². The zero-order valence-corrected chi connectivity index (χ0v) is 27.7. The van der Waals surface area contributed by atoms with Gasteiger partial charge >= 0.3 is 18.2 Å². The van der Waals surface area contributed by atoms with E-state index in [1.54, 1.807) is 64.1 Å². The maximum Gasteiger partial charge on any atom is 0.437 e. The van der Waals surface area contributed by atoms with E-state index in [0.717, 1.165) is 11.1 Å². The second-order valence-corrected chi connectivity index (χ2v) is 13.5. The molecule has 4 aliphatic heterocycles. The molecule has 2 N–H and O–H groups in total. The van der Waals surface area contributed by atoms with E-state index in [4.69, 9.17) is 42.6 Å². The third-order valence-corrected chi connectivity index (χ3v) is 9.35. The second kappa shape index (κ2) is 12.3. The third kappa shape index (κ3) is 5.93. The summed E-state index contributed by atoms with van der Waals surface area (Å²) in [6, 6.07) is 18.1. The Hall–Kier alpha value is -4.12. The number of nitrogens with zero attached hydrogens (tertiary/aromatic N) is 1. The molecule has 5 fully saturated rings. The number of benzene rings is 2. The van der Waals surface area contributed by atoms with Gasteiger partial charge in [0.2, 0.25) is 5.96 Å². The van der Waals surface area contributed by atoms with E-state index in [9.17, 15) is 14.4 Å². The normalized spacial score (nSPS) is 35.0. The van der Waals surface area contributed by atoms with Crippen LogP contribution in [-0.4, -0.2) is 91.3 Å². The minimum absolute atomic E-state index is 0.00303. The Bertz CT molecular complexity index is 1620. The SMILES string of the molecule is CO[C@H]1O[C@@H]2C(=O)OC3C1C2(N/C(=N\C(=O)OCc1ccccc1)NC(=O)OCc1ccccc1)C1OC(C)(C)OC1C31COC(C)(C)O1. The number of carbonyl (C=O) groups is 3. The van der Waals surface area contributed by atoms with E-state index in [-0.39, 0.29) is 25.8 Å². The number of guanidine groups is 1. The van der Waals surface area contributed by atoms with Crippen LogP contribution >= 0.6 is 0 Å². The van der Waals surface area contributed by atoms with E-state index in [2.05, 4.69) is 15.6 Å². The quantitative estimate of drug-likeness (QED) is 0.198. The van der Waals surface area contributed by atoms with Crippen LogP contribution in [0.4, 0.5) is 9.59 Å².